The topological polar surface area (TPSA) is 49.4 Å². The standard InChI is InChI=1S/C18H19ClN2O2/c1-13(22)20-11-14-6-8-16(9-7-14)18(23)21(2)12-15-4-3-5-17(19)10-15/h3-10H,11-12H2,1-2H3,(H,20,22). The highest BCUT2D eigenvalue weighted by molar-refractivity contribution is 6.30. The van der Waals surface area contributed by atoms with Crippen molar-refractivity contribution < 1.29 is 9.59 Å². The molecule has 0 spiro atoms. The smallest absolute Gasteiger partial charge is 0.253 e. The lowest BCUT2D eigenvalue weighted by atomic mass is 10.1. The van der Waals surface area contributed by atoms with Crippen molar-refractivity contribution >= 4 is 23.4 Å². The number of hydrogen-bond acceptors (Lipinski definition) is 2. The lowest BCUT2D eigenvalue weighted by molar-refractivity contribution is -0.119. The molecule has 5 heteroatoms. The van der Waals surface area contributed by atoms with Gasteiger partial charge in [-0.1, -0.05) is 35.9 Å². The van der Waals surface area contributed by atoms with Gasteiger partial charge in [-0.3, -0.25) is 9.59 Å². The molecule has 2 aromatic rings. The molecule has 0 saturated heterocycles. The van der Waals surface area contributed by atoms with E-state index in [-0.39, 0.29) is 11.8 Å². The van der Waals surface area contributed by atoms with E-state index < -0.39 is 0 Å². The largest absolute Gasteiger partial charge is 0.352 e. The molecular formula is C18H19ClN2O2. The molecule has 0 unspecified atom stereocenters. The van der Waals surface area contributed by atoms with Crippen LogP contribution in [0.2, 0.25) is 5.02 Å². The van der Waals surface area contributed by atoms with Crippen LogP contribution in [0.25, 0.3) is 0 Å². The van der Waals surface area contributed by atoms with E-state index in [4.69, 9.17) is 11.6 Å². The first-order valence-electron chi connectivity index (χ1n) is 7.29. The maximum atomic E-state index is 12.4. The Morgan fingerprint density at radius 1 is 1.09 bits per heavy atom. The highest BCUT2D eigenvalue weighted by atomic mass is 35.5. The maximum absolute atomic E-state index is 12.4. The number of rotatable bonds is 5. The van der Waals surface area contributed by atoms with Gasteiger partial charge in [0.25, 0.3) is 5.91 Å². The van der Waals surface area contributed by atoms with E-state index in [9.17, 15) is 9.59 Å². The Hall–Kier alpha value is -2.33. The maximum Gasteiger partial charge on any atom is 0.253 e. The Kier molecular flexibility index (Phi) is 5.77. The number of benzene rings is 2. The minimum absolute atomic E-state index is 0.0592. The molecule has 0 bridgehead atoms. The van der Waals surface area contributed by atoms with Gasteiger partial charge in [0.2, 0.25) is 5.91 Å². The summed E-state index contributed by atoms with van der Waals surface area (Å²) in [5, 5.41) is 3.38. The van der Waals surface area contributed by atoms with Crippen LogP contribution >= 0.6 is 11.6 Å². The Labute approximate surface area is 141 Å². The minimum Gasteiger partial charge on any atom is -0.352 e. The van der Waals surface area contributed by atoms with Crippen LogP contribution in [0.5, 0.6) is 0 Å². The van der Waals surface area contributed by atoms with Gasteiger partial charge < -0.3 is 10.2 Å². The summed E-state index contributed by atoms with van der Waals surface area (Å²) in [5.41, 5.74) is 2.55. The van der Waals surface area contributed by atoms with Crippen LogP contribution in [0.4, 0.5) is 0 Å². The fourth-order valence-electron chi connectivity index (χ4n) is 2.19. The fraction of sp³-hybridized carbons (Fsp3) is 0.222. The Bertz CT molecular complexity index is 698. The molecule has 2 rings (SSSR count). The van der Waals surface area contributed by atoms with Crippen molar-refractivity contribution in [1.82, 2.24) is 10.2 Å². The molecule has 0 saturated carbocycles. The number of halogens is 1. The van der Waals surface area contributed by atoms with Crippen molar-refractivity contribution in [3.05, 3.63) is 70.2 Å². The van der Waals surface area contributed by atoms with E-state index >= 15 is 0 Å². The zero-order valence-corrected chi connectivity index (χ0v) is 13.9. The number of nitrogens with one attached hydrogen (secondary N) is 1. The zero-order chi connectivity index (χ0) is 16.8. The molecule has 2 aromatic carbocycles. The second-order valence-corrected chi connectivity index (χ2v) is 5.83. The Morgan fingerprint density at radius 3 is 2.39 bits per heavy atom. The summed E-state index contributed by atoms with van der Waals surface area (Å²) < 4.78 is 0. The van der Waals surface area contributed by atoms with Gasteiger partial charge in [-0.15, -0.1) is 0 Å². The summed E-state index contributed by atoms with van der Waals surface area (Å²) >= 11 is 5.96. The first kappa shape index (κ1) is 17.0. The molecule has 23 heavy (non-hydrogen) atoms. The molecule has 0 aromatic heterocycles. The van der Waals surface area contributed by atoms with Gasteiger partial charge >= 0.3 is 0 Å². The van der Waals surface area contributed by atoms with Crippen LogP contribution in [-0.2, 0) is 17.9 Å². The van der Waals surface area contributed by atoms with Gasteiger partial charge in [-0.2, -0.15) is 0 Å². The van der Waals surface area contributed by atoms with Crippen molar-refractivity contribution in [3.63, 3.8) is 0 Å². The Balaban J connectivity index is 2.00. The summed E-state index contributed by atoms with van der Waals surface area (Å²) in [6, 6.07) is 14.7. The first-order chi connectivity index (χ1) is 11.0. The van der Waals surface area contributed by atoms with E-state index in [1.807, 2.05) is 30.3 Å². The summed E-state index contributed by atoms with van der Waals surface area (Å²) in [6.45, 7) is 2.43. The molecule has 0 aliphatic carbocycles. The highest BCUT2D eigenvalue weighted by Gasteiger charge is 2.12. The van der Waals surface area contributed by atoms with Gasteiger partial charge in [-0.25, -0.2) is 0 Å². The molecule has 0 radical (unpaired) electrons. The molecule has 2 amide bonds. The number of amides is 2. The SMILES string of the molecule is CC(=O)NCc1ccc(C(=O)N(C)Cc2cccc(Cl)c2)cc1. The van der Waals surface area contributed by atoms with Crippen molar-refractivity contribution in [2.45, 2.75) is 20.0 Å². The predicted molar refractivity (Wildman–Crippen MR) is 91.2 cm³/mol. The minimum atomic E-state index is -0.0774. The molecule has 0 fully saturated rings. The van der Waals surface area contributed by atoms with E-state index in [1.165, 1.54) is 6.92 Å². The third-order valence-corrected chi connectivity index (χ3v) is 3.63. The second kappa shape index (κ2) is 7.79. The number of carbonyl (C=O) groups is 2. The third kappa shape index (κ3) is 5.11. The van der Waals surface area contributed by atoms with Gasteiger partial charge in [0.05, 0.1) is 0 Å². The quantitative estimate of drug-likeness (QED) is 0.915. The van der Waals surface area contributed by atoms with Crippen molar-refractivity contribution in [1.29, 1.82) is 0 Å². The van der Waals surface area contributed by atoms with Crippen molar-refractivity contribution in [2.75, 3.05) is 7.05 Å². The molecule has 120 valence electrons. The van der Waals surface area contributed by atoms with Crippen molar-refractivity contribution in [3.8, 4) is 0 Å². The van der Waals surface area contributed by atoms with E-state index in [0.717, 1.165) is 11.1 Å². The lowest BCUT2D eigenvalue weighted by Crippen LogP contribution is -2.26. The van der Waals surface area contributed by atoms with Crippen LogP contribution in [-0.4, -0.2) is 23.8 Å². The number of hydrogen-bond donors (Lipinski definition) is 1. The monoisotopic (exact) mass is 330 g/mol. The van der Waals surface area contributed by atoms with Gasteiger partial charge in [0.1, 0.15) is 0 Å². The average molecular weight is 331 g/mol. The summed E-state index contributed by atoms with van der Waals surface area (Å²) in [4.78, 5) is 25.0. The molecular weight excluding hydrogens is 312 g/mol. The van der Waals surface area contributed by atoms with E-state index in [2.05, 4.69) is 5.32 Å². The van der Waals surface area contributed by atoms with E-state index in [0.29, 0.717) is 23.7 Å². The normalized spacial score (nSPS) is 10.2. The molecule has 4 nitrogen and oxygen atoms in total. The van der Waals surface area contributed by atoms with Gasteiger partial charge in [0, 0.05) is 37.6 Å². The lowest BCUT2D eigenvalue weighted by Gasteiger charge is -2.17. The van der Waals surface area contributed by atoms with Crippen LogP contribution in [0.15, 0.2) is 48.5 Å². The summed E-state index contributed by atoms with van der Waals surface area (Å²) in [7, 11) is 1.76. The molecule has 0 aliphatic heterocycles. The van der Waals surface area contributed by atoms with Crippen LogP contribution in [0, 0.1) is 0 Å². The van der Waals surface area contributed by atoms with Crippen molar-refractivity contribution in [2.24, 2.45) is 0 Å². The third-order valence-electron chi connectivity index (χ3n) is 3.40. The second-order valence-electron chi connectivity index (χ2n) is 5.40. The zero-order valence-electron chi connectivity index (χ0n) is 13.2. The molecule has 0 atom stereocenters. The molecule has 0 aliphatic rings. The summed E-state index contributed by atoms with van der Waals surface area (Å²) in [5.74, 6) is -0.137. The number of carbonyl (C=O) groups excluding carboxylic acids is 2. The first-order valence-corrected chi connectivity index (χ1v) is 7.67. The van der Waals surface area contributed by atoms with Crippen LogP contribution in [0.1, 0.15) is 28.4 Å². The predicted octanol–water partition coefficient (Wildman–Crippen LogP) is 3.25. The fourth-order valence-corrected chi connectivity index (χ4v) is 2.41. The van der Waals surface area contributed by atoms with Crippen LogP contribution in [0.3, 0.4) is 0 Å². The van der Waals surface area contributed by atoms with Gasteiger partial charge in [-0.05, 0) is 35.4 Å². The number of nitrogens with zero attached hydrogens (tertiary/aromatic N) is 1. The Morgan fingerprint density at radius 2 is 1.78 bits per heavy atom. The molecule has 1 N–H and O–H groups in total. The summed E-state index contributed by atoms with van der Waals surface area (Å²) in [6.07, 6.45) is 0. The van der Waals surface area contributed by atoms with E-state index in [1.54, 1.807) is 30.1 Å². The molecule has 0 heterocycles. The van der Waals surface area contributed by atoms with Gasteiger partial charge in [0.15, 0.2) is 0 Å². The highest BCUT2D eigenvalue weighted by Crippen LogP contribution is 2.14. The average Bonchev–Trinajstić information content (AvgIpc) is 2.52. The van der Waals surface area contributed by atoms with Crippen LogP contribution < -0.4 is 5.32 Å².